The summed E-state index contributed by atoms with van der Waals surface area (Å²) in [6.45, 7) is 0. The molecule has 0 spiro atoms. The molecule has 0 aliphatic carbocycles. The quantitative estimate of drug-likeness (QED) is 0.283. The van der Waals surface area contributed by atoms with Crippen LogP contribution < -0.4 is 0 Å². The maximum absolute atomic E-state index is 4.06. The smallest absolute Gasteiger partial charge is 0.112 e. The zero-order chi connectivity index (χ0) is 22.6. The van der Waals surface area contributed by atoms with Crippen molar-refractivity contribution in [3.63, 3.8) is 0 Å². The second-order valence-electron chi connectivity index (χ2n) is 6.82. The van der Waals surface area contributed by atoms with E-state index in [2.05, 4.69) is 53.5 Å². The van der Waals surface area contributed by atoms with Crippen LogP contribution in [0.25, 0.3) is 33.0 Å². The third kappa shape index (κ3) is 6.35. The Morgan fingerprint density at radius 1 is 0.515 bits per heavy atom. The van der Waals surface area contributed by atoms with Gasteiger partial charge in [-0.1, -0.05) is 48.5 Å². The van der Waals surface area contributed by atoms with Gasteiger partial charge in [-0.15, -0.1) is 0 Å². The molecule has 0 bridgehead atoms. The number of nitrogens with one attached hydrogen (secondary N) is 3. The molecule has 33 heavy (non-hydrogen) atoms. The first-order valence-electron chi connectivity index (χ1n) is 10.4. The summed E-state index contributed by atoms with van der Waals surface area (Å²) in [5.74, 6) is 0. The molecule has 0 radical (unpaired) electrons. The van der Waals surface area contributed by atoms with E-state index in [1.807, 2.05) is 85.1 Å². The summed E-state index contributed by atoms with van der Waals surface area (Å²) < 4.78 is 0. The second kappa shape index (κ2) is 11.6. The van der Waals surface area contributed by atoms with Crippen LogP contribution in [0.1, 0.15) is 0 Å². The average molecular weight is 434 g/mol. The molecule has 7 nitrogen and oxygen atoms in total. The van der Waals surface area contributed by atoms with Crippen molar-refractivity contribution in [2.75, 3.05) is 0 Å². The van der Waals surface area contributed by atoms with Crippen LogP contribution in [-0.2, 0) is 0 Å². The SMILES string of the molecule is c1ccc2[nH]ccc2c1.c1ccc2[nH]cnc2c1.c1ccc2n[nH]nc2c1.c1ccncc1. The predicted molar refractivity (Wildman–Crippen MR) is 133 cm³/mol. The summed E-state index contributed by atoms with van der Waals surface area (Å²) in [4.78, 5) is 14.0. The summed E-state index contributed by atoms with van der Waals surface area (Å²) in [7, 11) is 0. The first kappa shape index (κ1) is 21.5. The van der Waals surface area contributed by atoms with E-state index >= 15 is 0 Å². The Bertz CT molecular complexity index is 1210. The van der Waals surface area contributed by atoms with Gasteiger partial charge in [-0.2, -0.15) is 15.4 Å². The molecule has 0 unspecified atom stereocenters. The maximum Gasteiger partial charge on any atom is 0.112 e. The number of hydrogen-bond donors (Lipinski definition) is 3. The number of para-hydroxylation sites is 5. The lowest BCUT2D eigenvalue weighted by atomic mass is 10.3. The number of aromatic amines is 3. The number of benzene rings is 3. The summed E-state index contributed by atoms with van der Waals surface area (Å²) in [5.41, 5.74) is 5.16. The highest BCUT2D eigenvalue weighted by Gasteiger charge is 1.91. The third-order valence-corrected chi connectivity index (χ3v) is 4.58. The maximum atomic E-state index is 4.06. The molecule has 162 valence electrons. The minimum absolute atomic E-state index is 0.914. The molecule has 3 aromatic carbocycles. The Kier molecular flexibility index (Phi) is 7.52. The normalized spacial score (nSPS) is 9.82. The van der Waals surface area contributed by atoms with E-state index in [1.54, 1.807) is 18.7 Å². The van der Waals surface area contributed by atoms with Crippen molar-refractivity contribution in [1.29, 1.82) is 0 Å². The molecule has 0 fully saturated rings. The number of rotatable bonds is 0. The Balaban J connectivity index is 0.000000106. The lowest BCUT2D eigenvalue weighted by Crippen LogP contribution is -1.63. The zero-order valence-corrected chi connectivity index (χ0v) is 17.8. The van der Waals surface area contributed by atoms with Crippen LogP contribution in [-0.4, -0.2) is 35.3 Å². The number of H-pyrrole nitrogens is 3. The van der Waals surface area contributed by atoms with Gasteiger partial charge in [0.25, 0.3) is 0 Å². The van der Waals surface area contributed by atoms with E-state index in [1.165, 1.54) is 10.9 Å². The molecule has 0 aliphatic heterocycles. The van der Waals surface area contributed by atoms with E-state index in [0.29, 0.717) is 0 Å². The molecule has 0 amide bonds. The van der Waals surface area contributed by atoms with E-state index in [9.17, 15) is 0 Å². The Morgan fingerprint density at radius 2 is 1.15 bits per heavy atom. The van der Waals surface area contributed by atoms with Gasteiger partial charge in [0.2, 0.25) is 0 Å². The Labute approximate surface area is 190 Å². The fourth-order valence-corrected chi connectivity index (χ4v) is 2.97. The highest BCUT2D eigenvalue weighted by Crippen LogP contribution is 2.09. The molecular weight excluding hydrogens is 410 g/mol. The highest BCUT2D eigenvalue weighted by atomic mass is 15.3. The molecule has 4 heterocycles. The van der Waals surface area contributed by atoms with E-state index < -0.39 is 0 Å². The van der Waals surface area contributed by atoms with Gasteiger partial charge < -0.3 is 9.97 Å². The van der Waals surface area contributed by atoms with E-state index in [4.69, 9.17) is 0 Å². The lowest BCUT2D eigenvalue weighted by molar-refractivity contribution is 0.959. The standard InChI is InChI=1S/C8H7N.C7H6N2.C6H5N3.C5H5N/c1-2-4-8-7(3-1)5-6-9-8;1-2-4-7-6(3-1)8-5-9-7;1-2-4-6-5(3-1)7-9-8-6;1-2-4-6-5-3-1/h1-6,9H;1-5H,(H,8,9);1-4H,(H,7,8,9);1-5H. The summed E-state index contributed by atoms with van der Waals surface area (Å²) in [6.07, 6.45) is 7.15. The van der Waals surface area contributed by atoms with Crippen LogP contribution >= 0.6 is 0 Å². The molecule has 4 aromatic heterocycles. The summed E-state index contributed by atoms with van der Waals surface area (Å²) in [6, 6.07) is 31.6. The van der Waals surface area contributed by atoms with Gasteiger partial charge in [-0.3, -0.25) is 4.98 Å². The highest BCUT2D eigenvalue weighted by molar-refractivity contribution is 5.78. The molecule has 0 aliphatic rings. The monoisotopic (exact) mass is 433 g/mol. The Hall–Kier alpha value is -4.78. The molecule has 7 aromatic rings. The van der Waals surface area contributed by atoms with Crippen molar-refractivity contribution in [3.05, 3.63) is 122 Å². The number of nitrogens with zero attached hydrogens (tertiary/aromatic N) is 4. The van der Waals surface area contributed by atoms with Crippen molar-refractivity contribution in [3.8, 4) is 0 Å². The minimum atomic E-state index is 0.914. The molecule has 0 saturated carbocycles. The number of imidazole rings is 1. The minimum Gasteiger partial charge on any atom is -0.361 e. The first-order chi connectivity index (χ1) is 16.4. The van der Waals surface area contributed by atoms with Crippen LogP contribution in [0.15, 0.2) is 122 Å². The summed E-state index contributed by atoms with van der Waals surface area (Å²) >= 11 is 0. The number of fused-ring (bicyclic) bond motifs is 3. The van der Waals surface area contributed by atoms with Crippen LogP contribution in [0, 0.1) is 0 Å². The summed E-state index contributed by atoms with van der Waals surface area (Å²) in [5, 5.41) is 11.6. The fourth-order valence-electron chi connectivity index (χ4n) is 2.97. The van der Waals surface area contributed by atoms with Crippen molar-refractivity contribution in [2.45, 2.75) is 0 Å². The van der Waals surface area contributed by atoms with Crippen molar-refractivity contribution in [2.24, 2.45) is 0 Å². The zero-order valence-electron chi connectivity index (χ0n) is 17.8. The Morgan fingerprint density at radius 3 is 1.76 bits per heavy atom. The van der Waals surface area contributed by atoms with Crippen molar-refractivity contribution in [1.82, 2.24) is 35.3 Å². The fraction of sp³-hybridized carbons (Fsp3) is 0. The van der Waals surface area contributed by atoms with E-state index in [-0.39, 0.29) is 0 Å². The van der Waals surface area contributed by atoms with E-state index in [0.717, 1.165) is 22.1 Å². The topological polar surface area (TPSA) is 98.9 Å². The number of hydrogen-bond acceptors (Lipinski definition) is 4. The molecule has 0 atom stereocenters. The van der Waals surface area contributed by atoms with Gasteiger partial charge in [-0.25, -0.2) is 4.98 Å². The molecule has 3 N–H and O–H groups in total. The molecule has 7 heteroatoms. The van der Waals surface area contributed by atoms with Gasteiger partial charge in [0, 0.05) is 24.1 Å². The molecular formula is C26H23N7. The molecule has 0 saturated heterocycles. The van der Waals surface area contributed by atoms with Crippen LogP contribution in [0.3, 0.4) is 0 Å². The third-order valence-electron chi connectivity index (χ3n) is 4.58. The van der Waals surface area contributed by atoms with Crippen molar-refractivity contribution >= 4 is 33.0 Å². The second-order valence-corrected chi connectivity index (χ2v) is 6.82. The van der Waals surface area contributed by atoms with Gasteiger partial charge in [0.15, 0.2) is 0 Å². The largest absolute Gasteiger partial charge is 0.361 e. The van der Waals surface area contributed by atoms with Crippen LogP contribution in [0.5, 0.6) is 0 Å². The van der Waals surface area contributed by atoms with Crippen LogP contribution in [0.4, 0.5) is 0 Å². The van der Waals surface area contributed by atoms with Gasteiger partial charge in [0.1, 0.15) is 11.0 Å². The molecule has 7 rings (SSSR count). The van der Waals surface area contributed by atoms with Gasteiger partial charge in [-0.05, 0) is 53.9 Å². The van der Waals surface area contributed by atoms with Crippen molar-refractivity contribution < 1.29 is 0 Å². The number of aromatic nitrogens is 7. The van der Waals surface area contributed by atoms with Gasteiger partial charge in [0.05, 0.1) is 17.4 Å². The van der Waals surface area contributed by atoms with Crippen LogP contribution in [0.2, 0.25) is 0 Å². The number of pyridine rings is 1. The average Bonchev–Trinajstić information content (AvgIpc) is 3.67. The predicted octanol–water partition coefficient (Wildman–Crippen LogP) is 5.77. The first-order valence-corrected chi connectivity index (χ1v) is 10.4. The van der Waals surface area contributed by atoms with Gasteiger partial charge >= 0.3 is 0 Å². The lowest BCUT2D eigenvalue weighted by Gasteiger charge is -1.83.